The van der Waals surface area contributed by atoms with Gasteiger partial charge < -0.3 is 10.1 Å². The predicted molar refractivity (Wildman–Crippen MR) is 73.3 cm³/mol. The van der Waals surface area contributed by atoms with Crippen molar-refractivity contribution in [1.82, 2.24) is 5.32 Å². The molecule has 0 spiro atoms. The van der Waals surface area contributed by atoms with Crippen molar-refractivity contribution in [3.05, 3.63) is 28.8 Å². The predicted octanol–water partition coefficient (Wildman–Crippen LogP) is 2.03. The molecule has 1 unspecified atom stereocenters. The molecule has 19 heavy (non-hydrogen) atoms. The molecule has 0 aromatic heterocycles. The summed E-state index contributed by atoms with van der Waals surface area (Å²) < 4.78 is 27.4. The van der Waals surface area contributed by atoms with Gasteiger partial charge in [0, 0.05) is 34.4 Å². The van der Waals surface area contributed by atoms with E-state index in [1.54, 1.807) is 6.92 Å². The van der Waals surface area contributed by atoms with Crippen LogP contribution in [-0.2, 0) is 13.8 Å². The maximum absolute atomic E-state index is 11.9. The Bertz CT molecular complexity index is 574. The minimum absolute atomic E-state index is 0.117. The Kier molecular flexibility index (Phi) is 5.61. The van der Waals surface area contributed by atoms with Crippen molar-refractivity contribution in [3.8, 4) is 0 Å². The van der Waals surface area contributed by atoms with E-state index in [0.29, 0.717) is 6.61 Å². The fourth-order valence-corrected chi connectivity index (χ4v) is 2.54. The number of hydrogen-bond acceptors (Lipinski definition) is 4. The lowest BCUT2D eigenvalue weighted by Gasteiger charge is -2.13. The second-order valence-electron chi connectivity index (χ2n) is 3.94. The lowest BCUT2D eigenvalue weighted by molar-refractivity contribution is 0.0905. The van der Waals surface area contributed by atoms with Crippen LogP contribution in [0.5, 0.6) is 0 Å². The lowest BCUT2D eigenvalue weighted by Crippen LogP contribution is -2.35. The lowest BCUT2D eigenvalue weighted by atomic mass is 10.2. The highest BCUT2D eigenvalue weighted by Gasteiger charge is 2.16. The van der Waals surface area contributed by atoms with Crippen LogP contribution in [0.15, 0.2) is 23.1 Å². The highest BCUT2D eigenvalue weighted by atomic mass is 35.7. The molecule has 0 aliphatic carbocycles. The molecule has 1 amide bonds. The number of nitrogens with one attached hydrogen (secondary N) is 1. The number of rotatable bonds is 5. The smallest absolute Gasteiger partial charge is 0.261 e. The van der Waals surface area contributed by atoms with E-state index in [1.165, 1.54) is 25.3 Å². The molecular weight excluding hydrogens is 313 g/mol. The van der Waals surface area contributed by atoms with Crippen LogP contribution in [0, 0.1) is 0 Å². The number of carbonyl (C=O) groups is 1. The SMILES string of the molecule is COCC(C)NC(=O)c1cc(Cl)cc(S(=O)(=O)Cl)c1. The Hall–Kier alpha value is -0.820. The van der Waals surface area contributed by atoms with Crippen LogP contribution < -0.4 is 5.32 Å². The molecule has 0 fully saturated rings. The zero-order chi connectivity index (χ0) is 14.6. The van der Waals surface area contributed by atoms with Crippen LogP contribution in [0.25, 0.3) is 0 Å². The molecule has 0 aliphatic rings. The molecule has 8 heteroatoms. The first kappa shape index (κ1) is 16.2. The summed E-state index contributed by atoms with van der Waals surface area (Å²) in [7, 11) is 2.80. The van der Waals surface area contributed by atoms with Crippen LogP contribution in [0.1, 0.15) is 17.3 Å². The van der Waals surface area contributed by atoms with E-state index < -0.39 is 15.0 Å². The van der Waals surface area contributed by atoms with E-state index in [-0.39, 0.29) is 21.5 Å². The number of halogens is 2. The second-order valence-corrected chi connectivity index (χ2v) is 6.95. The van der Waals surface area contributed by atoms with E-state index in [4.69, 9.17) is 27.0 Å². The standard InChI is InChI=1S/C11H13Cl2NO4S/c1-7(6-18-2)14-11(15)8-3-9(12)5-10(4-8)19(13,16)17/h3-5,7H,6H2,1-2H3,(H,14,15). The van der Waals surface area contributed by atoms with Crippen LogP contribution in [0.3, 0.4) is 0 Å². The number of ether oxygens (including phenoxy) is 1. The molecule has 0 saturated heterocycles. The summed E-state index contributed by atoms with van der Waals surface area (Å²) in [6.45, 7) is 2.10. The van der Waals surface area contributed by atoms with Crippen molar-refractivity contribution in [2.45, 2.75) is 17.9 Å². The molecule has 1 aromatic rings. The number of hydrogen-bond donors (Lipinski definition) is 1. The molecule has 1 atom stereocenters. The Morgan fingerprint density at radius 3 is 2.58 bits per heavy atom. The number of methoxy groups -OCH3 is 1. The molecule has 1 rings (SSSR count). The summed E-state index contributed by atoms with van der Waals surface area (Å²) in [6, 6.07) is 3.50. The second kappa shape index (κ2) is 6.56. The van der Waals surface area contributed by atoms with Gasteiger partial charge in [0.1, 0.15) is 0 Å². The monoisotopic (exact) mass is 325 g/mol. The van der Waals surface area contributed by atoms with Gasteiger partial charge in [-0.05, 0) is 25.1 Å². The third kappa shape index (κ3) is 4.99. The molecule has 0 aliphatic heterocycles. The van der Waals surface area contributed by atoms with E-state index in [1.807, 2.05) is 0 Å². The first-order chi connectivity index (χ1) is 8.74. The molecule has 1 aromatic carbocycles. The van der Waals surface area contributed by atoms with Crippen molar-refractivity contribution in [1.29, 1.82) is 0 Å². The molecule has 1 N–H and O–H groups in total. The summed E-state index contributed by atoms with van der Waals surface area (Å²) >= 11 is 5.77. The topological polar surface area (TPSA) is 72.5 Å². The molecular formula is C11H13Cl2NO4S. The largest absolute Gasteiger partial charge is 0.383 e. The third-order valence-corrected chi connectivity index (χ3v) is 3.76. The molecule has 106 valence electrons. The van der Waals surface area contributed by atoms with Crippen LogP contribution in [0.2, 0.25) is 5.02 Å². The van der Waals surface area contributed by atoms with E-state index in [2.05, 4.69) is 5.32 Å². The van der Waals surface area contributed by atoms with E-state index in [9.17, 15) is 13.2 Å². The number of carbonyl (C=O) groups excluding carboxylic acids is 1. The highest BCUT2D eigenvalue weighted by molar-refractivity contribution is 8.13. The van der Waals surface area contributed by atoms with E-state index >= 15 is 0 Å². The van der Waals surface area contributed by atoms with Crippen molar-refractivity contribution in [3.63, 3.8) is 0 Å². The molecule has 0 bridgehead atoms. The minimum atomic E-state index is -3.94. The van der Waals surface area contributed by atoms with Gasteiger partial charge in [-0.25, -0.2) is 8.42 Å². The molecule has 0 saturated carbocycles. The van der Waals surface area contributed by atoms with E-state index in [0.717, 1.165) is 0 Å². The normalized spacial score (nSPS) is 13.1. The van der Waals surface area contributed by atoms with Crippen molar-refractivity contribution in [2.24, 2.45) is 0 Å². The fraction of sp³-hybridized carbons (Fsp3) is 0.364. The van der Waals surface area contributed by atoms with Crippen molar-refractivity contribution >= 4 is 37.2 Å². The summed E-state index contributed by atoms with van der Waals surface area (Å²) in [6.07, 6.45) is 0. The highest BCUT2D eigenvalue weighted by Crippen LogP contribution is 2.22. The van der Waals surface area contributed by atoms with Gasteiger partial charge in [0.25, 0.3) is 15.0 Å². The fourth-order valence-electron chi connectivity index (χ4n) is 1.43. The van der Waals surface area contributed by atoms with Gasteiger partial charge in [-0.2, -0.15) is 0 Å². The molecule has 0 heterocycles. The number of amides is 1. The average Bonchev–Trinajstić information content (AvgIpc) is 2.27. The maximum atomic E-state index is 11.9. The van der Waals surface area contributed by atoms with Gasteiger partial charge in [0.15, 0.2) is 0 Å². The zero-order valence-electron chi connectivity index (χ0n) is 10.3. The Morgan fingerprint density at radius 2 is 2.05 bits per heavy atom. The molecule has 5 nitrogen and oxygen atoms in total. The van der Waals surface area contributed by atoms with Gasteiger partial charge in [0.05, 0.1) is 11.5 Å². The molecule has 0 radical (unpaired) electrons. The summed E-state index contributed by atoms with van der Waals surface area (Å²) in [4.78, 5) is 11.7. The summed E-state index contributed by atoms with van der Waals surface area (Å²) in [5.74, 6) is -0.450. The first-order valence-electron chi connectivity index (χ1n) is 5.29. The number of benzene rings is 1. The van der Waals surface area contributed by atoms with Gasteiger partial charge >= 0.3 is 0 Å². The zero-order valence-corrected chi connectivity index (χ0v) is 12.6. The Labute approximate surface area is 121 Å². The first-order valence-corrected chi connectivity index (χ1v) is 7.98. The quantitative estimate of drug-likeness (QED) is 0.841. The van der Waals surface area contributed by atoms with Gasteiger partial charge in [0.2, 0.25) is 0 Å². The summed E-state index contributed by atoms with van der Waals surface area (Å²) in [5, 5.41) is 2.76. The Balaban J connectivity index is 3.01. The van der Waals surface area contributed by atoms with Crippen molar-refractivity contribution in [2.75, 3.05) is 13.7 Å². The Morgan fingerprint density at radius 1 is 1.42 bits per heavy atom. The summed E-state index contributed by atoms with van der Waals surface area (Å²) in [5.41, 5.74) is 0.120. The average molecular weight is 326 g/mol. The van der Waals surface area contributed by atoms with Crippen LogP contribution >= 0.6 is 22.3 Å². The van der Waals surface area contributed by atoms with Crippen LogP contribution in [-0.4, -0.2) is 34.1 Å². The van der Waals surface area contributed by atoms with Gasteiger partial charge in [-0.3, -0.25) is 4.79 Å². The van der Waals surface area contributed by atoms with Gasteiger partial charge in [-0.15, -0.1) is 0 Å². The minimum Gasteiger partial charge on any atom is -0.383 e. The van der Waals surface area contributed by atoms with Crippen LogP contribution in [0.4, 0.5) is 0 Å². The van der Waals surface area contributed by atoms with Gasteiger partial charge in [-0.1, -0.05) is 11.6 Å². The third-order valence-electron chi connectivity index (χ3n) is 2.21. The maximum Gasteiger partial charge on any atom is 0.261 e. The van der Waals surface area contributed by atoms with Crippen molar-refractivity contribution < 1.29 is 17.9 Å².